The minimum atomic E-state index is -3.06. The van der Waals surface area contributed by atoms with Crippen LogP contribution in [0.15, 0.2) is 0 Å². The van der Waals surface area contributed by atoms with Crippen molar-refractivity contribution in [3.63, 3.8) is 0 Å². The molecule has 1 heterocycles. The Morgan fingerprint density at radius 2 is 2.30 bits per heavy atom. The zero-order valence-electron chi connectivity index (χ0n) is 5.22. The number of hydrogen-bond donors (Lipinski definition) is 0. The average molecular weight is 161 g/mol. The van der Waals surface area contributed by atoms with Gasteiger partial charge in [0.1, 0.15) is 5.88 Å². The summed E-state index contributed by atoms with van der Waals surface area (Å²) in [4.78, 5) is 0. The second-order valence-electron chi connectivity index (χ2n) is 1.83. The fourth-order valence-corrected chi connectivity index (χ4v) is 0.990. The van der Waals surface area contributed by atoms with Crippen LogP contribution in [0.5, 0.6) is 0 Å². The van der Waals surface area contributed by atoms with Crippen molar-refractivity contribution in [1.82, 2.24) is 20.2 Å². The van der Waals surface area contributed by atoms with E-state index in [-0.39, 0.29) is 5.88 Å². The van der Waals surface area contributed by atoms with Crippen molar-refractivity contribution in [2.24, 2.45) is 0 Å². The molecule has 1 aromatic rings. The molecule has 6 nitrogen and oxygen atoms in total. The first-order valence-electron chi connectivity index (χ1n) is 2.39. The molecule has 0 aliphatic rings. The van der Waals surface area contributed by atoms with Crippen LogP contribution in [0, 0.1) is 6.33 Å². The Morgan fingerprint density at radius 1 is 1.60 bits per heavy atom. The molecule has 0 aromatic carbocycles. The van der Waals surface area contributed by atoms with Crippen molar-refractivity contribution < 1.29 is 8.42 Å². The quantitative estimate of drug-likeness (QED) is 0.526. The minimum Gasteiger partial charge on any atom is -0.227 e. The van der Waals surface area contributed by atoms with Gasteiger partial charge in [-0.05, 0) is 10.4 Å². The molecule has 10 heavy (non-hydrogen) atoms. The number of sulfone groups is 1. The Hall–Kier alpha value is -0.980. The van der Waals surface area contributed by atoms with Crippen molar-refractivity contribution in [3.8, 4) is 0 Å². The Kier molecular flexibility index (Phi) is 1.66. The number of rotatable bonds is 2. The van der Waals surface area contributed by atoms with Gasteiger partial charge in [-0.3, -0.25) is 0 Å². The Balaban J connectivity index is 2.75. The number of hydrogen-bond acceptors (Lipinski definition) is 5. The molecule has 0 atom stereocenters. The predicted molar refractivity (Wildman–Crippen MR) is 31.5 cm³/mol. The second kappa shape index (κ2) is 2.33. The summed E-state index contributed by atoms with van der Waals surface area (Å²) in [5.74, 6) is -0.222. The molecule has 0 aliphatic heterocycles. The van der Waals surface area contributed by atoms with E-state index in [1.165, 1.54) is 0 Å². The zero-order chi connectivity index (χ0) is 7.61. The van der Waals surface area contributed by atoms with Gasteiger partial charge in [0.25, 0.3) is 0 Å². The first kappa shape index (κ1) is 7.13. The van der Waals surface area contributed by atoms with E-state index in [0.29, 0.717) is 0 Å². The van der Waals surface area contributed by atoms with Crippen LogP contribution in [0.2, 0.25) is 0 Å². The molecule has 0 amide bonds. The van der Waals surface area contributed by atoms with E-state index in [1.54, 1.807) is 0 Å². The fourth-order valence-electron chi connectivity index (χ4n) is 0.437. The van der Waals surface area contributed by atoms with Gasteiger partial charge in [-0.2, -0.15) is 0 Å². The Bertz CT molecular complexity index is 288. The van der Waals surface area contributed by atoms with E-state index in [2.05, 4.69) is 21.9 Å². The minimum absolute atomic E-state index is 0.222. The summed E-state index contributed by atoms with van der Waals surface area (Å²) in [6, 6.07) is 0. The monoisotopic (exact) mass is 161 g/mol. The highest BCUT2D eigenvalue weighted by Crippen LogP contribution is 1.85. The van der Waals surface area contributed by atoms with Gasteiger partial charge in [0.05, 0.1) is 0 Å². The lowest BCUT2D eigenvalue weighted by atomic mass is 11.2. The highest BCUT2D eigenvalue weighted by molar-refractivity contribution is 7.89. The third-order valence-electron chi connectivity index (χ3n) is 0.710. The van der Waals surface area contributed by atoms with Gasteiger partial charge in [-0.1, -0.05) is 0 Å². The molecule has 0 saturated carbocycles. The van der Waals surface area contributed by atoms with E-state index in [9.17, 15) is 8.42 Å². The normalized spacial score (nSPS) is 11.7. The molecular formula is C3H5N4O2S. The molecule has 0 fully saturated rings. The lowest BCUT2D eigenvalue weighted by molar-refractivity contribution is 0.576. The highest BCUT2D eigenvalue weighted by atomic mass is 32.2. The third kappa shape index (κ3) is 2.09. The lowest BCUT2D eigenvalue weighted by Crippen LogP contribution is -2.09. The van der Waals surface area contributed by atoms with Crippen LogP contribution in [-0.2, 0) is 15.7 Å². The standard InChI is InChI=1S/C3H5N4O2S/c1-10(8,9)3-7-2-4-5-6-7/h3H2,1H3. The Morgan fingerprint density at radius 3 is 2.70 bits per heavy atom. The summed E-state index contributed by atoms with van der Waals surface area (Å²) in [7, 11) is -3.06. The molecule has 1 radical (unpaired) electrons. The van der Waals surface area contributed by atoms with Crippen molar-refractivity contribution >= 4 is 9.84 Å². The number of tetrazole rings is 1. The number of nitrogens with zero attached hydrogens (tertiary/aromatic N) is 4. The lowest BCUT2D eigenvalue weighted by Gasteiger charge is -1.92. The maximum Gasteiger partial charge on any atom is 0.222 e. The first-order chi connectivity index (χ1) is 4.58. The summed E-state index contributed by atoms with van der Waals surface area (Å²) in [5, 5.41) is 9.69. The average Bonchev–Trinajstić information content (AvgIpc) is 2.12. The largest absolute Gasteiger partial charge is 0.227 e. The van der Waals surface area contributed by atoms with Gasteiger partial charge < -0.3 is 0 Å². The van der Waals surface area contributed by atoms with Crippen molar-refractivity contribution in [1.29, 1.82) is 0 Å². The molecule has 55 valence electrons. The maximum atomic E-state index is 10.6. The summed E-state index contributed by atoms with van der Waals surface area (Å²) in [6.45, 7) is 0. The van der Waals surface area contributed by atoms with Gasteiger partial charge in [-0.25, -0.2) is 13.1 Å². The molecule has 0 aliphatic carbocycles. The van der Waals surface area contributed by atoms with E-state index in [1.807, 2.05) is 0 Å². The summed E-state index contributed by atoms with van der Waals surface area (Å²) in [6.07, 6.45) is 3.36. The third-order valence-corrected chi connectivity index (χ3v) is 1.42. The summed E-state index contributed by atoms with van der Waals surface area (Å²) >= 11 is 0. The molecule has 1 rings (SSSR count). The van der Waals surface area contributed by atoms with Crippen LogP contribution in [0.25, 0.3) is 0 Å². The van der Waals surface area contributed by atoms with E-state index in [0.717, 1.165) is 10.9 Å². The molecule has 0 unspecified atom stereocenters. The number of aromatic nitrogens is 4. The summed E-state index contributed by atoms with van der Waals surface area (Å²) < 4.78 is 22.1. The van der Waals surface area contributed by atoms with E-state index < -0.39 is 9.84 Å². The summed E-state index contributed by atoms with van der Waals surface area (Å²) in [5.41, 5.74) is 0. The van der Waals surface area contributed by atoms with E-state index in [4.69, 9.17) is 0 Å². The van der Waals surface area contributed by atoms with Crippen LogP contribution in [0.3, 0.4) is 0 Å². The molecule has 0 N–H and O–H groups in total. The SMILES string of the molecule is CS(=O)(=O)Cn1[c]nnn1. The van der Waals surface area contributed by atoms with Gasteiger partial charge >= 0.3 is 0 Å². The Labute approximate surface area is 57.8 Å². The van der Waals surface area contributed by atoms with Crippen LogP contribution in [0.4, 0.5) is 0 Å². The first-order valence-corrected chi connectivity index (χ1v) is 4.45. The van der Waals surface area contributed by atoms with Crippen molar-refractivity contribution in [3.05, 3.63) is 6.33 Å². The predicted octanol–water partition coefficient (Wildman–Crippen LogP) is -1.52. The zero-order valence-corrected chi connectivity index (χ0v) is 6.04. The van der Waals surface area contributed by atoms with Crippen molar-refractivity contribution in [2.75, 3.05) is 6.26 Å². The molecule has 0 spiro atoms. The molecule has 0 saturated heterocycles. The van der Waals surface area contributed by atoms with Crippen LogP contribution >= 0.6 is 0 Å². The van der Waals surface area contributed by atoms with Crippen LogP contribution in [-0.4, -0.2) is 34.9 Å². The smallest absolute Gasteiger partial charge is 0.222 e. The maximum absolute atomic E-state index is 10.6. The van der Waals surface area contributed by atoms with Crippen LogP contribution < -0.4 is 0 Å². The van der Waals surface area contributed by atoms with Crippen molar-refractivity contribution in [2.45, 2.75) is 5.88 Å². The highest BCUT2D eigenvalue weighted by Gasteiger charge is 2.03. The van der Waals surface area contributed by atoms with Crippen LogP contribution in [0.1, 0.15) is 0 Å². The molecule has 7 heteroatoms. The molecule has 0 bridgehead atoms. The fraction of sp³-hybridized carbons (Fsp3) is 0.667. The topological polar surface area (TPSA) is 77.7 Å². The molecular weight excluding hydrogens is 156 g/mol. The molecule has 1 aromatic heterocycles. The van der Waals surface area contributed by atoms with Gasteiger partial charge in [-0.15, -0.1) is 5.10 Å². The van der Waals surface area contributed by atoms with Gasteiger partial charge in [0.2, 0.25) is 6.33 Å². The second-order valence-corrected chi connectivity index (χ2v) is 3.94. The van der Waals surface area contributed by atoms with E-state index >= 15 is 0 Å². The van der Waals surface area contributed by atoms with Gasteiger partial charge in [0.15, 0.2) is 9.84 Å². The van der Waals surface area contributed by atoms with Gasteiger partial charge in [0, 0.05) is 6.26 Å².